The van der Waals surface area contributed by atoms with Crippen LogP contribution in [0.5, 0.6) is 5.75 Å². The molecule has 0 spiro atoms. The van der Waals surface area contributed by atoms with Gasteiger partial charge < -0.3 is 9.47 Å². The second kappa shape index (κ2) is 13.2. The molecule has 0 saturated heterocycles. The molecule has 3 aromatic carbocycles. The number of methoxy groups -OCH3 is 1. The van der Waals surface area contributed by atoms with Crippen LogP contribution in [0.1, 0.15) is 29.5 Å². The number of rotatable bonds is 14. The van der Waals surface area contributed by atoms with E-state index in [1.807, 2.05) is 38.1 Å². The highest BCUT2D eigenvalue weighted by atomic mass is 32.2. The van der Waals surface area contributed by atoms with Crippen molar-refractivity contribution in [1.29, 1.82) is 0 Å². The molecule has 0 saturated carbocycles. The van der Waals surface area contributed by atoms with Crippen LogP contribution < -0.4 is 4.74 Å². The first-order valence-electron chi connectivity index (χ1n) is 11.8. The highest BCUT2D eigenvalue weighted by Gasteiger charge is 2.23. The third kappa shape index (κ3) is 8.94. The van der Waals surface area contributed by atoms with E-state index in [9.17, 15) is 16.8 Å². The molecule has 200 valence electrons. The van der Waals surface area contributed by atoms with E-state index >= 15 is 0 Å². The minimum atomic E-state index is -4.07. The predicted octanol–water partition coefficient (Wildman–Crippen LogP) is 4.79. The Hall–Kier alpha value is -2.76. The standard InChI is InChI=1S/C27H32O8S2/c1-21-4-12-26(13-5-21)36(28,29)34-19-17-25(35-37(30,31)27-14-6-22(2)7-15-27)16-18-33-20-23-8-10-24(32-3)11-9-23/h4-15,25H,16-20H2,1-3H3. The van der Waals surface area contributed by atoms with Gasteiger partial charge in [0.15, 0.2) is 0 Å². The fraction of sp³-hybridized carbons (Fsp3) is 0.333. The fourth-order valence-corrected chi connectivity index (χ4v) is 5.42. The first kappa shape index (κ1) is 28.8. The minimum Gasteiger partial charge on any atom is -0.497 e. The average Bonchev–Trinajstić information content (AvgIpc) is 2.87. The van der Waals surface area contributed by atoms with Crippen LogP contribution in [0.2, 0.25) is 0 Å². The first-order valence-corrected chi connectivity index (χ1v) is 14.6. The number of hydrogen-bond acceptors (Lipinski definition) is 8. The second-order valence-electron chi connectivity index (χ2n) is 8.55. The Balaban J connectivity index is 1.62. The molecule has 0 amide bonds. The van der Waals surface area contributed by atoms with Crippen LogP contribution in [0.15, 0.2) is 82.6 Å². The maximum absolute atomic E-state index is 12.8. The van der Waals surface area contributed by atoms with Crippen LogP contribution in [0.4, 0.5) is 0 Å². The predicted molar refractivity (Wildman–Crippen MR) is 139 cm³/mol. The SMILES string of the molecule is COc1ccc(COCCC(CCOS(=O)(=O)c2ccc(C)cc2)OS(=O)(=O)c2ccc(C)cc2)cc1. The van der Waals surface area contributed by atoms with E-state index < -0.39 is 26.3 Å². The van der Waals surface area contributed by atoms with Gasteiger partial charge >= 0.3 is 0 Å². The summed E-state index contributed by atoms with van der Waals surface area (Å²) >= 11 is 0. The Morgan fingerprint density at radius 2 is 1.19 bits per heavy atom. The molecule has 0 N–H and O–H groups in total. The Morgan fingerprint density at radius 3 is 1.73 bits per heavy atom. The zero-order valence-corrected chi connectivity index (χ0v) is 22.8. The Kier molecular flexibility index (Phi) is 10.2. The highest BCUT2D eigenvalue weighted by molar-refractivity contribution is 7.87. The van der Waals surface area contributed by atoms with E-state index in [2.05, 4.69) is 0 Å². The van der Waals surface area contributed by atoms with Crippen molar-refractivity contribution in [2.75, 3.05) is 20.3 Å². The van der Waals surface area contributed by atoms with Crippen LogP contribution >= 0.6 is 0 Å². The number of hydrogen-bond donors (Lipinski definition) is 0. The summed E-state index contributed by atoms with van der Waals surface area (Å²) in [5, 5.41) is 0. The summed E-state index contributed by atoms with van der Waals surface area (Å²) in [7, 11) is -6.47. The van der Waals surface area contributed by atoms with Gasteiger partial charge in [0.05, 0.1) is 36.2 Å². The molecule has 0 aromatic heterocycles. The van der Waals surface area contributed by atoms with Gasteiger partial charge in [0.25, 0.3) is 20.2 Å². The maximum atomic E-state index is 12.8. The van der Waals surface area contributed by atoms with E-state index in [0.717, 1.165) is 22.4 Å². The van der Waals surface area contributed by atoms with Crippen molar-refractivity contribution >= 4 is 20.2 Å². The number of benzene rings is 3. The molecule has 0 aliphatic carbocycles. The van der Waals surface area contributed by atoms with Crippen LogP contribution in [0.25, 0.3) is 0 Å². The molecule has 8 nitrogen and oxygen atoms in total. The average molecular weight is 549 g/mol. The summed E-state index contributed by atoms with van der Waals surface area (Å²) in [5.74, 6) is 0.735. The molecule has 1 unspecified atom stereocenters. The quantitative estimate of drug-likeness (QED) is 0.209. The monoisotopic (exact) mass is 548 g/mol. The smallest absolute Gasteiger partial charge is 0.297 e. The van der Waals surface area contributed by atoms with Crippen molar-refractivity contribution in [3.05, 3.63) is 89.5 Å². The van der Waals surface area contributed by atoms with E-state index in [1.54, 1.807) is 31.4 Å². The molecule has 3 rings (SSSR count). The van der Waals surface area contributed by atoms with Crippen molar-refractivity contribution in [1.82, 2.24) is 0 Å². The van der Waals surface area contributed by atoms with Crippen LogP contribution in [-0.2, 0) is 39.9 Å². The van der Waals surface area contributed by atoms with Crippen molar-refractivity contribution in [2.24, 2.45) is 0 Å². The van der Waals surface area contributed by atoms with Crippen LogP contribution in [0, 0.1) is 13.8 Å². The van der Waals surface area contributed by atoms with E-state index in [4.69, 9.17) is 17.8 Å². The molecule has 3 aromatic rings. The summed E-state index contributed by atoms with van der Waals surface area (Å²) in [5.41, 5.74) is 2.76. The normalized spacial score (nSPS) is 12.8. The molecular formula is C27H32O8S2. The molecule has 0 aliphatic rings. The fourth-order valence-electron chi connectivity index (χ4n) is 3.37. The van der Waals surface area contributed by atoms with Gasteiger partial charge in [-0.25, -0.2) is 0 Å². The number of aryl methyl sites for hydroxylation is 2. The highest BCUT2D eigenvalue weighted by Crippen LogP contribution is 2.20. The van der Waals surface area contributed by atoms with Gasteiger partial charge in [-0.15, -0.1) is 0 Å². The summed E-state index contributed by atoms with van der Waals surface area (Å²) < 4.78 is 72.2. The van der Waals surface area contributed by atoms with E-state index in [-0.39, 0.29) is 35.8 Å². The minimum absolute atomic E-state index is 0.0236. The van der Waals surface area contributed by atoms with Gasteiger partial charge in [0, 0.05) is 6.61 Å². The molecule has 1 atom stereocenters. The van der Waals surface area contributed by atoms with Crippen LogP contribution in [-0.4, -0.2) is 43.3 Å². The van der Waals surface area contributed by atoms with Gasteiger partial charge in [-0.05, 0) is 68.7 Å². The topological polar surface area (TPSA) is 105 Å². The van der Waals surface area contributed by atoms with Gasteiger partial charge in [-0.1, -0.05) is 47.5 Å². The molecule has 0 radical (unpaired) electrons. The Morgan fingerprint density at radius 1 is 0.676 bits per heavy atom. The molecule has 0 fully saturated rings. The number of ether oxygens (including phenoxy) is 2. The lowest BCUT2D eigenvalue weighted by atomic mass is 10.2. The van der Waals surface area contributed by atoms with Gasteiger partial charge in [-0.2, -0.15) is 16.8 Å². The zero-order valence-electron chi connectivity index (χ0n) is 21.1. The molecule has 37 heavy (non-hydrogen) atoms. The molecule has 10 heteroatoms. The zero-order chi connectivity index (χ0) is 26.9. The van der Waals surface area contributed by atoms with Crippen molar-refractivity contribution < 1.29 is 34.7 Å². The van der Waals surface area contributed by atoms with Gasteiger partial charge in [-0.3, -0.25) is 8.37 Å². The summed E-state index contributed by atoms with van der Waals surface area (Å²) in [4.78, 5) is 0.0566. The summed E-state index contributed by atoms with van der Waals surface area (Å²) in [6.07, 6.45) is -0.604. The van der Waals surface area contributed by atoms with E-state index in [1.165, 1.54) is 24.3 Å². The largest absolute Gasteiger partial charge is 0.497 e. The van der Waals surface area contributed by atoms with Crippen molar-refractivity contribution in [3.63, 3.8) is 0 Å². The van der Waals surface area contributed by atoms with Crippen molar-refractivity contribution in [2.45, 2.75) is 49.2 Å². The third-order valence-electron chi connectivity index (χ3n) is 5.57. The second-order valence-corrected chi connectivity index (χ2v) is 11.7. The lowest BCUT2D eigenvalue weighted by molar-refractivity contribution is 0.0769. The van der Waals surface area contributed by atoms with Gasteiger partial charge in [0.1, 0.15) is 5.75 Å². The lowest BCUT2D eigenvalue weighted by Crippen LogP contribution is -2.23. The van der Waals surface area contributed by atoms with Gasteiger partial charge in [0.2, 0.25) is 0 Å². The summed E-state index contributed by atoms with van der Waals surface area (Å²) in [6, 6.07) is 20.0. The molecule has 0 bridgehead atoms. The molecule has 0 aliphatic heterocycles. The first-order chi connectivity index (χ1) is 17.6. The third-order valence-corrected chi connectivity index (χ3v) is 8.27. The Labute approximate surface area is 219 Å². The summed E-state index contributed by atoms with van der Waals surface area (Å²) in [6.45, 7) is 3.98. The molecular weight excluding hydrogens is 516 g/mol. The maximum Gasteiger partial charge on any atom is 0.297 e. The lowest BCUT2D eigenvalue weighted by Gasteiger charge is -2.18. The Bertz CT molecular complexity index is 1330. The van der Waals surface area contributed by atoms with E-state index in [0.29, 0.717) is 6.61 Å². The van der Waals surface area contributed by atoms with Crippen LogP contribution in [0.3, 0.4) is 0 Å². The molecule has 0 heterocycles. The van der Waals surface area contributed by atoms with Crippen molar-refractivity contribution in [3.8, 4) is 5.75 Å².